The van der Waals surface area contributed by atoms with Crippen LogP contribution in [0, 0.1) is 5.82 Å². The molecule has 0 unspecified atom stereocenters. The van der Waals surface area contributed by atoms with E-state index in [-0.39, 0.29) is 5.82 Å². The first-order chi connectivity index (χ1) is 8.22. The minimum atomic E-state index is -0.278. The van der Waals surface area contributed by atoms with Crippen molar-refractivity contribution < 1.29 is 9.13 Å². The van der Waals surface area contributed by atoms with Crippen molar-refractivity contribution in [3.05, 3.63) is 47.3 Å². The molecular formula is C12H14FN3O. The Balaban J connectivity index is 2.25. The lowest BCUT2D eigenvalue weighted by Gasteiger charge is -2.07. The number of halogens is 1. The lowest BCUT2D eigenvalue weighted by molar-refractivity contribution is 0.409. The van der Waals surface area contributed by atoms with E-state index in [0.29, 0.717) is 18.7 Å². The predicted molar refractivity (Wildman–Crippen MR) is 62.2 cm³/mol. The average Bonchev–Trinajstić information content (AvgIpc) is 2.77. The Morgan fingerprint density at radius 3 is 2.94 bits per heavy atom. The number of nitrogens with zero attached hydrogens (tertiary/aromatic N) is 1. The van der Waals surface area contributed by atoms with Gasteiger partial charge in [-0.1, -0.05) is 0 Å². The van der Waals surface area contributed by atoms with Gasteiger partial charge in [0.15, 0.2) is 0 Å². The molecule has 0 bridgehead atoms. The molecule has 0 saturated carbocycles. The Hall–Kier alpha value is -1.88. The molecule has 1 aromatic heterocycles. The molecule has 0 atom stereocenters. The summed E-state index contributed by atoms with van der Waals surface area (Å²) in [6, 6.07) is 4.45. The van der Waals surface area contributed by atoms with Crippen LogP contribution in [0.25, 0.3) is 0 Å². The van der Waals surface area contributed by atoms with Crippen molar-refractivity contribution in [2.75, 3.05) is 7.11 Å². The van der Waals surface area contributed by atoms with E-state index in [9.17, 15) is 4.39 Å². The molecule has 1 aromatic carbocycles. The molecule has 0 aliphatic rings. The van der Waals surface area contributed by atoms with Gasteiger partial charge in [-0.05, 0) is 18.2 Å². The Morgan fingerprint density at radius 2 is 2.29 bits per heavy atom. The fourth-order valence-electron chi connectivity index (χ4n) is 1.69. The molecule has 5 heteroatoms. The van der Waals surface area contributed by atoms with Gasteiger partial charge >= 0.3 is 0 Å². The number of rotatable bonds is 4. The molecule has 90 valence electrons. The number of hydrogen-bond donors (Lipinski definition) is 2. The van der Waals surface area contributed by atoms with Gasteiger partial charge in [0.2, 0.25) is 0 Å². The Kier molecular flexibility index (Phi) is 3.39. The number of hydrogen-bond acceptors (Lipinski definition) is 3. The van der Waals surface area contributed by atoms with Crippen molar-refractivity contribution in [1.29, 1.82) is 0 Å². The van der Waals surface area contributed by atoms with Crippen molar-refractivity contribution >= 4 is 0 Å². The summed E-state index contributed by atoms with van der Waals surface area (Å²) in [7, 11) is 1.56. The minimum Gasteiger partial charge on any atom is -0.496 e. The smallest absolute Gasteiger partial charge is 0.123 e. The zero-order valence-corrected chi connectivity index (χ0v) is 9.53. The number of ether oxygens (including phenoxy) is 1. The standard InChI is InChI=1S/C12H14FN3O/c1-17-11-3-2-9(13)4-8(11)5-10-7-15-12(6-14)16-10/h2-4,7H,5-6,14H2,1H3,(H,15,16). The highest BCUT2D eigenvalue weighted by Gasteiger charge is 2.07. The largest absolute Gasteiger partial charge is 0.496 e. The van der Waals surface area contributed by atoms with Gasteiger partial charge in [-0.3, -0.25) is 0 Å². The number of benzene rings is 1. The SMILES string of the molecule is COc1ccc(F)cc1Cc1cnc(CN)[nH]1. The van der Waals surface area contributed by atoms with Gasteiger partial charge < -0.3 is 15.5 Å². The van der Waals surface area contributed by atoms with Gasteiger partial charge in [0.05, 0.1) is 13.7 Å². The van der Waals surface area contributed by atoms with Gasteiger partial charge in [-0.2, -0.15) is 0 Å². The maximum absolute atomic E-state index is 13.2. The molecule has 2 aromatic rings. The van der Waals surface area contributed by atoms with Gasteiger partial charge in [-0.25, -0.2) is 9.37 Å². The Bertz CT molecular complexity index is 510. The maximum atomic E-state index is 13.2. The second kappa shape index (κ2) is 4.97. The van der Waals surface area contributed by atoms with Crippen molar-refractivity contribution in [3.8, 4) is 5.75 Å². The molecule has 1 heterocycles. The van der Waals surface area contributed by atoms with Gasteiger partial charge in [0.25, 0.3) is 0 Å². The fraction of sp³-hybridized carbons (Fsp3) is 0.250. The zero-order valence-electron chi connectivity index (χ0n) is 9.53. The van der Waals surface area contributed by atoms with Crippen LogP contribution in [0.2, 0.25) is 0 Å². The molecule has 0 saturated heterocycles. The van der Waals surface area contributed by atoms with Crippen LogP contribution in [0.3, 0.4) is 0 Å². The first kappa shape index (κ1) is 11.6. The van der Waals surface area contributed by atoms with Crippen LogP contribution in [0.15, 0.2) is 24.4 Å². The van der Waals surface area contributed by atoms with Crippen LogP contribution in [-0.2, 0) is 13.0 Å². The third-order valence-electron chi connectivity index (χ3n) is 2.50. The lowest BCUT2D eigenvalue weighted by Crippen LogP contribution is -1.99. The molecule has 0 aliphatic carbocycles. The number of H-pyrrole nitrogens is 1. The molecule has 4 nitrogen and oxygen atoms in total. The molecule has 17 heavy (non-hydrogen) atoms. The topological polar surface area (TPSA) is 63.9 Å². The monoisotopic (exact) mass is 235 g/mol. The minimum absolute atomic E-state index is 0.278. The van der Waals surface area contributed by atoms with Crippen molar-refractivity contribution in [2.45, 2.75) is 13.0 Å². The third kappa shape index (κ3) is 2.62. The molecule has 0 amide bonds. The Labute approximate surface area is 98.6 Å². The van der Waals surface area contributed by atoms with Crippen LogP contribution in [-0.4, -0.2) is 17.1 Å². The molecule has 0 radical (unpaired) electrons. The quantitative estimate of drug-likeness (QED) is 0.846. The summed E-state index contributed by atoms with van der Waals surface area (Å²) in [4.78, 5) is 7.16. The number of nitrogens with two attached hydrogens (primary N) is 1. The summed E-state index contributed by atoms with van der Waals surface area (Å²) >= 11 is 0. The fourth-order valence-corrected chi connectivity index (χ4v) is 1.69. The molecule has 0 fully saturated rings. The van der Waals surface area contributed by atoms with Gasteiger partial charge in [-0.15, -0.1) is 0 Å². The van der Waals surface area contributed by atoms with Gasteiger partial charge in [0, 0.05) is 23.9 Å². The molecule has 3 N–H and O–H groups in total. The molecule has 0 aliphatic heterocycles. The summed E-state index contributed by atoms with van der Waals surface area (Å²) in [6.45, 7) is 0.361. The number of methoxy groups -OCH3 is 1. The number of nitrogens with one attached hydrogen (secondary N) is 1. The summed E-state index contributed by atoms with van der Waals surface area (Å²) in [5.74, 6) is 1.10. The van der Waals surface area contributed by atoms with E-state index in [1.54, 1.807) is 19.4 Å². The third-order valence-corrected chi connectivity index (χ3v) is 2.50. The van der Waals surface area contributed by atoms with E-state index in [2.05, 4.69) is 9.97 Å². The molecule has 2 rings (SSSR count). The average molecular weight is 235 g/mol. The van der Waals surface area contributed by atoms with E-state index in [4.69, 9.17) is 10.5 Å². The van der Waals surface area contributed by atoms with E-state index >= 15 is 0 Å². The normalized spacial score (nSPS) is 10.5. The van der Waals surface area contributed by atoms with Crippen LogP contribution in [0.4, 0.5) is 4.39 Å². The van der Waals surface area contributed by atoms with Crippen molar-refractivity contribution in [1.82, 2.24) is 9.97 Å². The van der Waals surface area contributed by atoms with Crippen LogP contribution < -0.4 is 10.5 Å². The highest BCUT2D eigenvalue weighted by atomic mass is 19.1. The summed E-state index contributed by atoms with van der Waals surface area (Å²) < 4.78 is 18.3. The number of imidazole rings is 1. The van der Waals surface area contributed by atoms with E-state index in [1.807, 2.05) is 0 Å². The molecular weight excluding hydrogens is 221 g/mol. The van der Waals surface area contributed by atoms with E-state index in [0.717, 1.165) is 17.1 Å². The first-order valence-corrected chi connectivity index (χ1v) is 5.28. The number of aromatic nitrogens is 2. The summed E-state index contributed by atoms with van der Waals surface area (Å²) in [6.07, 6.45) is 2.24. The van der Waals surface area contributed by atoms with E-state index < -0.39 is 0 Å². The highest BCUT2D eigenvalue weighted by molar-refractivity contribution is 5.36. The predicted octanol–water partition coefficient (Wildman–Crippen LogP) is 1.61. The number of aromatic amines is 1. The second-order valence-corrected chi connectivity index (χ2v) is 3.69. The van der Waals surface area contributed by atoms with Crippen molar-refractivity contribution in [3.63, 3.8) is 0 Å². The van der Waals surface area contributed by atoms with Crippen LogP contribution >= 0.6 is 0 Å². The second-order valence-electron chi connectivity index (χ2n) is 3.69. The first-order valence-electron chi connectivity index (χ1n) is 5.28. The maximum Gasteiger partial charge on any atom is 0.123 e. The highest BCUT2D eigenvalue weighted by Crippen LogP contribution is 2.21. The van der Waals surface area contributed by atoms with Gasteiger partial charge in [0.1, 0.15) is 17.4 Å². The zero-order chi connectivity index (χ0) is 12.3. The van der Waals surface area contributed by atoms with Crippen LogP contribution in [0.1, 0.15) is 17.1 Å². The lowest BCUT2D eigenvalue weighted by atomic mass is 10.1. The summed E-state index contributed by atoms with van der Waals surface area (Å²) in [5, 5.41) is 0. The van der Waals surface area contributed by atoms with E-state index in [1.165, 1.54) is 12.1 Å². The van der Waals surface area contributed by atoms with Crippen LogP contribution in [0.5, 0.6) is 5.75 Å². The van der Waals surface area contributed by atoms with Crippen molar-refractivity contribution in [2.24, 2.45) is 5.73 Å². The summed E-state index contributed by atoms with van der Waals surface area (Å²) in [5.41, 5.74) is 7.12. The molecule has 0 spiro atoms. The Morgan fingerprint density at radius 1 is 1.47 bits per heavy atom.